The summed E-state index contributed by atoms with van der Waals surface area (Å²) in [4.78, 5) is 0. The Morgan fingerprint density at radius 2 is 0.564 bits per heavy atom. The van der Waals surface area contributed by atoms with Crippen molar-refractivity contribution >= 4 is 124 Å². The van der Waals surface area contributed by atoms with Gasteiger partial charge in [-0.3, -0.25) is 13.7 Å². The van der Waals surface area contributed by atoms with Crippen LogP contribution in [0.4, 0.5) is 0 Å². The lowest BCUT2D eigenvalue weighted by Crippen LogP contribution is -1.95. The van der Waals surface area contributed by atoms with Crippen LogP contribution < -0.4 is 15.9 Å². The van der Waals surface area contributed by atoms with E-state index in [1.165, 1.54) is 0 Å². The molecule has 0 aliphatic heterocycles. The second kappa shape index (κ2) is 13.9. The third kappa shape index (κ3) is 7.72. The molecular weight excluding hydrogens is 718 g/mol. The van der Waals surface area contributed by atoms with E-state index in [0.29, 0.717) is 15.9 Å². The minimum absolute atomic E-state index is 0.637. The molecule has 0 saturated carbocycles. The van der Waals surface area contributed by atoms with Gasteiger partial charge in [-0.05, 0) is 177 Å². The molecule has 198 valence electrons. The summed E-state index contributed by atoms with van der Waals surface area (Å²) in [5, 5.41) is 1.91. The fraction of sp³-hybridized carbons (Fsp3) is 0. The minimum atomic E-state index is -1.80. The SMILES string of the molecule is O=P(c1ccc(-c2cc(-c3ccc(P(=O)=S(=S)=S)cc3)cc(-c3ccc(P(=O)=S(=S)=S)cc3)c2)cc1)=S(=S)=S. The molecule has 0 amide bonds. The van der Waals surface area contributed by atoms with E-state index >= 15 is 0 Å². The molecule has 4 rings (SSSR count). The van der Waals surface area contributed by atoms with E-state index < -0.39 is 41.3 Å². The second-order valence-electron chi connectivity index (χ2n) is 7.86. The van der Waals surface area contributed by atoms with Crippen molar-refractivity contribution in [2.24, 2.45) is 0 Å². The average molecular weight is 733 g/mol. The van der Waals surface area contributed by atoms with E-state index in [0.717, 1.165) is 33.4 Å². The van der Waals surface area contributed by atoms with Crippen LogP contribution in [-0.2, 0) is 102 Å². The monoisotopic (exact) mass is 732 g/mol. The summed E-state index contributed by atoms with van der Waals surface area (Å²) in [6.45, 7) is -5.39. The normalized spacial score (nSPS) is 11.8. The standard InChI is InChI=1S/C24H15O3P3S9/c25-28(37(31)32)22-7-1-16(2-8-22)19-13-20(17-3-9-23(10-4-17)29(26)38(33)34)15-21(14-19)18-5-11-24(12-6-18)30(27)39(35)36/h1-15H. The van der Waals surface area contributed by atoms with Gasteiger partial charge in [0.1, 0.15) is 0 Å². The van der Waals surface area contributed by atoms with E-state index in [4.69, 9.17) is 67.1 Å². The zero-order chi connectivity index (χ0) is 28.3. The van der Waals surface area contributed by atoms with E-state index in [9.17, 15) is 13.7 Å². The largest absolute Gasteiger partial charge is 0.265 e. The molecule has 3 nitrogen and oxygen atoms in total. The van der Waals surface area contributed by atoms with Gasteiger partial charge in [0.25, 0.3) is 0 Å². The van der Waals surface area contributed by atoms with Crippen LogP contribution in [0.3, 0.4) is 0 Å². The summed E-state index contributed by atoms with van der Waals surface area (Å²) in [6, 6.07) is 28.5. The zero-order valence-corrected chi connectivity index (χ0v) is 29.4. The highest BCUT2D eigenvalue weighted by molar-refractivity contribution is 8.58. The van der Waals surface area contributed by atoms with Crippen molar-refractivity contribution in [3.05, 3.63) is 91.0 Å². The molecule has 4 aromatic carbocycles. The van der Waals surface area contributed by atoms with E-state index in [2.05, 4.69) is 18.2 Å². The molecule has 15 heteroatoms. The molecule has 39 heavy (non-hydrogen) atoms. The van der Waals surface area contributed by atoms with Crippen LogP contribution in [0.5, 0.6) is 0 Å². The Balaban J connectivity index is 1.88. The highest BCUT2D eigenvalue weighted by Gasteiger charge is 2.09. The van der Waals surface area contributed by atoms with Crippen LogP contribution in [0.15, 0.2) is 91.0 Å². The molecule has 0 spiro atoms. The summed E-state index contributed by atoms with van der Waals surface area (Å²) >= 11 is 30.2. The van der Waals surface area contributed by atoms with Crippen LogP contribution in [-0.4, -0.2) is 0 Å². The van der Waals surface area contributed by atoms with Crippen molar-refractivity contribution in [3.8, 4) is 33.4 Å². The third-order valence-electron chi connectivity index (χ3n) is 5.57. The molecule has 0 bridgehead atoms. The van der Waals surface area contributed by atoms with Crippen LogP contribution in [0.2, 0.25) is 0 Å². The van der Waals surface area contributed by atoms with Crippen molar-refractivity contribution < 1.29 is 13.7 Å². The van der Waals surface area contributed by atoms with Crippen LogP contribution in [0, 0.1) is 0 Å². The van der Waals surface area contributed by atoms with Crippen molar-refractivity contribution in [2.75, 3.05) is 0 Å². The van der Waals surface area contributed by atoms with Crippen molar-refractivity contribution in [2.45, 2.75) is 0 Å². The topological polar surface area (TPSA) is 51.2 Å². The predicted octanol–water partition coefficient (Wildman–Crippen LogP) is 6.42. The van der Waals surface area contributed by atoms with Crippen LogP contribution in [0.1, 0.15) is 0 Å². The first-order valence-electron chi connectivity index (χ1n) is 10.7. The number of rotatable bonds is 6. The molecule has 0 heterocycles. The number of hydrogen-bond acceptors (Lipinski definition) is 9. The molecule has 3 unspecified atom stereocenters. The Hall–Kier alpha value is -0.840. The highest BCUT2D eigenvalue weighted by Crippen LogP contribution is 2.33. The van der Waals surface area contributed by atoms with Gasteiger partial charge >= 0.3 is 0 Å². The molecule has 0 N–H and O–H groups in total. The summed E-state index contributed by atoms with van der Waals surface area (Å²) in [5.74, 6) is 0. The van der Waals surface area contributed by atoms with Gasteiger partial charge in [0.2, 0.25) is 0 Å². The lowest BCUT2D eigenvalue weighted by Gasteiger charge is -2.12. The fourth-order valence-electron chi connectivity index (χ4n) is 3.71. The number of benzene rings is 4. The Kier molecular flexibility index (Phi) is 11.1. The minimum Gasteiger partial charge on any atom is -0.265 e. The third-order valence-corrected chi connectivity index (χ3v) is 20.2. The fourth-order valence-corrected chi connectivity index (χ4v) is 12.7. The lowest BCUT2D eigenvalue weighted by molar-refractivity contribution is 0.601. The van der Waals surface area contributed by atoms with Gasteiger partial charge < -0.3 is 0 Å². The van der Waals surface area contributed by atoms with Gasteiger partial charge in [-0.15, -0.1) is 0 Å². The molecule has 0 aromatic heterocycles. The average Bonchev–Trinajstić information content (AvgIpc) is 2.95. The Bertz CT molecular complexity index is 1910. The van der Waals surface area contributed by atoms with Crippen LogP contribution >= 0.6 is 19.7 Å². The molecule has 0 aliphatic rings. The second-order valence-corrected chi connectivity index (χ2v) is 30.9. The predicted molar refractivity (Wildman–Crippen MR) is 191 cm³/mol. The molecule has 0 fully saturated rings. The van der Waals surface area contributed by atoms with Gasteiger partial charge in [0.05, 0.1) is 0 Å². The molecular formula is C24H15O3P3S9. The van der Waals surface area contributed by atoms with Crippen molar-refractivity contribution in [3.63, 3.8) is 0 Å². The molecule has 4 aromatic rings. The molecule has 0 saturated heterocycles. The molecule has 0 radical (unpaired) electrons. The maximum atomic E-state index is 12.4. The highest BCUT2D eigenvalue weighted by atomic mass is 33.2. The Labute approximate surface area is 259 Å². The summed E-state index contributed by atoms with van der Waals surface area (Å²) in [6.07, 6.45) is 0. The lowest BCUT2D eigenvalue weighted by atomic mass is 9.93. The maximum absolute atomic E-state index is 12.4. The van der Waals surface area contributed by atoms with Gasteiger partial charge in [0.15, 0.2) is 19.7 Å². The smallest absolute Gasteiger partial charge is 0.198 e. The molecule has 0 aliphatic carbocycles. The summed E-state index contributed by atoms with van der Waals surface area (Å²) in [7, 11) is -3.08. The van der Waals surface area contributed by atoms with Gasteiger partial charge in [-0.25, -0.2) is 0 Å². The maximum Gasteiger partial charge on any atom is 0.198 e. The van der Waals surface area contributed by atoms with Gasteiger partial charge in [-0.2, -0.15) is 0 Å². The Morgan fingerprint density at radius 3 is 0.744 bits per heavy atom. The summed E-state index contributed by atoms with van der Waals surface area (Å²) in [5.41, 5.74) is 5.63. The van der Waals surface area contributed by atoms with E-state index in [-0.39, 0.29) is 0 Å². The first-order valence-corrected chi connectivity index (χ1v) is 25.5. The Morgan fingerprint density at radius 1 is 0.359 bits per heavy atom. The first kappa shape index (κ1) is 31.1. The molecule has 3 atom stereocenters. The zero-order valence-electron chi connectivity index (χ0n) is 19.4. The summed E-state index contributed by atoms with van der Waals surface area (Å²) < 4.78 is 37.2. The first-order chi connectivity index (χ1) is 18.5. The van der Waals surface area contributed by atoms with E-state index in [1.54, 1.807) is 36.4 Å². The van der Waals surface area contributed by atoms with Crippen molar-refractivity contribution in [1.82, 2.24) is 0 Å². The van der Waals surface area contributed by atoms with Crippen LogP contribution in [0.25, 0.3) is 33.4 Å². The van der Waals surface area contributed by atoms with Crippen molar-refractivity contribution in [1.29, 1.82) is 0 Å². The van der Waals surface area contributed by atoms with E-state index in [1.807, 2.05) is 36.4 Å². The number of hydrogen-bond donors (Lipinski definition) is 0. The van der Waals surface area contributed by atoms with Gasteiger partial charge in [-0.1, -0.05) is 36.4 Å². The van der Waals surface area contributed by atoms with Gasteiger partial charge in [0, 0.05) is 15.9 Å². The quantitative estimate of drug-likeness (QED) is 0.209.